The van der Waals surface area contributed by atoms with E-state index >= 15 is 0 Å². The van der Waals surface area contributed by atoms with Crippen LogP contribution in [0.4, 0.5) is 5.69 Å². The SMILES string of the molecule is CNC(=O)c1cc(C(=O)Cn2cc([N+](=O)[O-])cc(C(N)=O)c2=O)cn1C. The number of amides is 2. The molecule has 136 valence electrons. The summed E-state index contributed by atoms with van der Waals surface area (Å²) in [6.07, 6.45) is 2.25. The number of hydrogen-bond donors (Lipinski definition) is 2. The Morgan fingerprint density at radius 1 is 1.27 bits per heavy atom. The van der Waals surface area contributed by atoms with Crippen LogP contribution in [0.2, 0.25) is 0 Å². The summed E-state index contributed by atoms with van der Waals surface area (Å²) in [6.45, 7) is -0.558. The molecule has 0 saturated heterocycles. The zero-order valence-corrected chi connectivity index (χ0v) is 13.9. The molecule has 3 N–H and O–H groups in total. The molecular weight excluding hydrogens is 346 g/mol. The van der Waals surface area contributed by atoms with Crippen LogP contribution in [0, 0.1) is 10.1 Å². The maximum absolute atomic E-state index is 12.4. The Labute approximate surface area is 146 Å². The summed E-state index contributed by atoms with van der Waals surface area (Å²) < 4.78 is 2.17. The van der Waals surface area contributed by atoms with Gasteiger partial charge in [0.05, 0.1) is 17.7 Å². The maximum atomic E-state index is 12.4. The first-order valence-electron chi connectivity index (χ1n) is 7.26. The molecule has 2 aromatic heterocycles. The molecule has 0 fully saturated rings. The number of nitrogens with one attached hydrogen (secondary N) is 1. The van der Waals surface area contributed by atoms with Gasteiger partial charge in [0.15, 0.2) is 5.78 Å². The summed E-state index contributed by atoms with van der Waals surface area (Å²) in [6, 6.07) is 2.09. The van der Waals surface area contributed by atoms with Crippen LogP contribution >= 0.6 is 0 Å². The number of aromatic nitrogens is 2. The van der Waals surface area contributed by atoms with E-state index in [1.54, 1.807) is 7.05 Å². The highest BCUT2D eigenvalue weighted by molar-refractivity contribution is 6.00. The quantitative estimate of drug-likeness (QED) is 0.398. The Balaban J connectivity index is 2.43. The largest absolute Gasteiger partial charge is 0.365 e. The predicted octanol–water partition coefficient (Wildman–Crippen LogP) is -0.564. The molecule has 0 spiro atoms. The summed E-state index contributed by atoms with van der Waals surface area (Å²) in [5, 5.41) is 13.4. The van der Waals surface area contributed by atoms with Gasteiger partial charge in [-0.15, -0.1) is 0 Å². The van der Waals surface area contributed by atoms with E-state index in [2.05, 4.69) is 5.32 Å². The topological polar surface area (TPSA) is 159 Å². The van der Waals surface area contributed by atoms with Crippen molar-refractivity contribution in [2.45, 2.75) is 6.54 Å². The Kier molecular flexibility index (Phi) is 5.01. The van der Waals surface area contributed by atoms with Crippen LogP contribution < -0.4 is 16.6 Å². The van der Waals surface area contributed by atoms with Crippen molar-refractivity contribution in [3.63, 3.8) is 0 Å². The van der Waals surface area contributed by atoms with Crippen LogP contribution in [0.25, 0.3) is 0 Å². The lowest BCUT2D eigenvalue weighted by molar-refractivity contribution is -0.385. The second-order valence-corrected chi connectivity index (χ2v) is 5.39. The molecule has 0 aliphatic carbocycles. The van der Waals surface area contributed by atoms with E-state index in [0.29, 0.717) is 0 Å². The first-order valence-corrected chi connectivity index (χ1v) is 7.26. The number of Topliss-reactive ketones (excluding diaryl/α,β-unsaturated/α-hetero) is 1. The van der Waals surface area contributed by atoms with Gasteiger partial charge in [0.1, 0.15) is 11.3 Å². The molecule has 2 heterocycles. The van der Waals surface area contributed by atoms with Crippen LogP contribution in [0.5, 0.6) is 0 Å². The Morgan fingerprint density at radius 3 is 2.46 bits per heavy atom. The number of nitrogens with zero attached hydrogens (tertiary/aromatic N) is 3. The number of primary amides is 1. The van der Waals surface area contributed by atoms with E-state index in [9.17, 15) is 29.3 Å². The Morgan fingerprint density at radius 2 is 1.92 bits per heavy atom. The lowest BCUT2D eigenvalue weighted by Crippen LogP contribution is -2.31. The van der Waals surface area contributed by atoms with Gasteiger partial charge in [-0.25, -0.2) is 0 Å². The molecule has 0 unspecified atom stereocenters. The fourth-order valence-corrected chi connectivity index (χ4v) is 2.33. The van der Waals surface area contributed by atoms with E-state index < -0.39 is 45.9 Å². The zero-order valence-electron chi connectivity index (χ0n) is 13.9. The van der Waals surface area contributed by atoms with Gasteiger partial charge in [0.25, 0.3) is 23.1 Å². The van der Waals surface area contributed by atoms with Crippen LogP contribution in [0.1, 0.15) is 31.2 Å². The molecule has 2 aromatic rings. The van der Waals surface area contributed by atoms with Gasteiger partial charge in [0.2, 0.25) is 0 Å². The minimum atomic E-state index is -1.14. The minimum Gasteiger partial charge on any atom is -0.365 e. The highest BCUT2D eigenvalue weighted by Gasteiger charge is 2.20. The van der Waals surface area contributed by atoms with Crippen LogP contribution in [-0.4, -0.2) is 38.7 Å². The molecule has 11 heteroatoms. The Hall–Kier alpha value is -3.76. The van der Waals surface area contributed by atoms with E-state index in [0.717, 1.165) is 16.8 Å². The van der Waals surface area contributed by atoms with Crippen molar-refractivity contribution in [3.8, 4) is 0 Å². The minimum absolute atomic E-state index is 0.130. The number of aryl methyl sites for hydroxylation is 1. The molecule has 2 rings (SSSR count). The predicted molar refractivity (Wildman–Crippen MR) is 89.0 cm³/mol. The van der Waals surface area contributed by atoms with Crippen molar-refractivity contribution in [2.75, 3.05) is 7.05 Å². The van der Waals surface area contributed by atoms with Gasteiger partial charge in [-0.1, -0.05) is 0 Å². The number of carbonyl (C=O) groups excluding carboxylic acids is 3. The number of hydrogen-bond acceptors (Lipinski definition) is 6. The lowest BCUT2D eigenvalue weighted by atomic mass is 10.2. The third kappa shape index (κ3) is 3.50. The second-order valence-electron chi connectivity index (χ2n) is 5.39. The number of nitrogens with two attached hydrogens (primary N) is 1. The van der Waals surface area contributed by atoms with E-state index in [-0.39, 0.29) is 11.3 Å². The molecule has 0 aliphatic rings. The molecule has 0 bridgehead atoms. The maximum Gasteiger partial charge on any atom is 0.286 e. The van der Waals surface area contributed by atoms with Gasteiger partial charge in [-0.3, -0.25) is 29.3 Å². The van der Waals surface area contributed by atoms with E-state index in [1.165, 1.54) is 23.9 Å². The second kappa shape index (κ2) is 7.01. The zero-order chi connectivity index (χ0) is 19.6. The molecule has 11 nitrogen and oxygen atoms in total. The Bertz CT molecular complexity index is 987. The van der Waals surface area contributed by atoms with Gasteiger partial charge in [0, 0.05) is 31.9 Å². The average Bonchev–Trinajstić information content (AvgIpc) is 2.97. The average molecular weight is 361 g/mol. The number of nitro groups is 1. The molecule has 26 heavy (non-hydrogen) atoms. The van der Waals surface area contributed by atoms with Crippen molar-refractivity contribution in [3.05, 3.63) is 61.8 Å². The van der Waals surface area contributed by atoms with Gasteiger partial charge in [-0.2, -0.15) is 0 Å². The van der Waals surface area contributed by atoms with Crippen LogP contribution in [-0.2, 0) is 13.6 Å². The number of rotatable bonds is 6. The van der Waals surface area contributed by atoms with Crippen LogP contribution in [0.3, 0.4) is 0 Å². The van der Waals surface area contributed by atoms with Crippen molar-refractivity contribution < 1.29 is 19.3 Å². The third-order valence-electron chi connectivity index (χ3n) is 3.65. The van der Waals surface area contributed by atoms with Crippen molar-refractivity contribution in [1.29, 1.82) is 0 Å². The molecule has 0 atom stereocenters. The smallest absolute Gasteiger partial charge is 0.286 e. The first kappa shape index (κ1) is 18.6. The number of carbonyl (C=O) groups is 3. The van der Waals surface area contributed by atoms with E-state index in [1.807, 2.05) is 0 Å². The fourth-order valence-electron chi connectivity index (χ4n) is 2.33. The first-order chi connectivity index (χ1) is 12.1. The van der Waals surface area contributed by atoms with Crippen molar-refractivity contribution >= 4 is 23.3 Å². The molecule has 0 aliphatic heterocycles. The van der Waals surface area contributed by atoms with E-state index in [4.69, 9.17) is 5.73 Å². The van der Waals surface area contributed by atoms with Gasteiger partial charge >= 0.3 is 0 Å². The standard InChI is InChI=1S/C15H15N5O6/c1-17-14(23)11-3-8(5-18(11)2)12(21)7-19-6-9(20(25)26)4-10(13(16)22)15(19)24/h3-6H,7H2,1-2H3,(H2,16,22)(H,17,23). The summed E-state index contributed by atoms with van der Waals surface area (Å²) in [5.74, 6) is -2.12. The van der Waals surface area contributed by atoms with Crippen LogP contribution in [0.15, 0.2) is 29.3 Å². The molecule has 2 amide bonds. The molecular formula is C15H15N5O6. The molecule has 0 radical (unpaired) electrons. The monoisotopic (exact) mass is 361 g/mol. The highest BCUT2D eigenvalue weighted by atomic mass is 16.6. The van der Waals surface area contributed by atoms with Crippen molar-refractivity contribution in [1.82, 2.24) is 14.5 Å². The summed E-state index contributed by atoms with van der Waals surface area (Å²) in [5.41, 5.74) is 3.35. The molecule has 0 aromatic carbocycles. The van der Waals surface area contributed by atoms with Gasteiger partial charge < -0.3 is 20.2 Å². The number of ketones is 1. The normalized spacial score (nSPS) is 10.4. The third-order valence-corrected chi connectivity index (χ3v) is 3.65. The van der Waals surface area contributed by atoms with Gasteiger partial charge in [-0.05, 0) is 6.07 Å². The summed E-state index contributed by atoms with van der Waals surface area (Å²) >= 11 is 0. The number of pyridine rings is 1. The summed E-state index contributed by atoms with van der Waals surface area (Å²) in [7, 11) is 3.00. The fraction of sp³-hybridized carbons (Fsp3) is 0.200. The summed E-state index contributed by atoms with van der Waals surface area (Å²) in [4.78, 5) is 57.8. The van der Waals surface area contributed by atoms with Crippen molar-refractivity contribution in [2.24, 2.45) is 12.8 Å². The molecule has 0 saturated carbocycles. The highest BCUT2D eigenvalue weighted by Crippen LogP contribution is 2.12. The lowest BCUT2D eigenvalue weighted by Gasteiger charge is -2.06.